The van der Waals surface area contributed by atoms with Gasteiger partial charge in [-0.05, 0) is 36.6 Å². The van der Waals surface area contributed by atoms with Crippen LogP contribution >= 0.6 is 0 Å². The predicted octanol–water partition coefficient (Wildman–Crippen LogP) is 2.39. The summed E-state index contributed by atoms with van der Waals surface area (Å²) in [4.78, 5) is 27.0. The highest BCUT2D eigenvalue weighted by atomic mass is 16.4. The number of carboxylic acid groups (broad SMARTS) is 1. The quantitative estimate of drug-likeness (QED) is 0.576. The van der Waals surface area contributed by atoms with Crippen molar-refractivity contribution in [3.63, 3.8) is 0 Å². The number of benzene rings is 2. The Hall–Kier alpha value is -3.68. The van der Waals surface area contributed by atoms with Gasteiger partial charge in [0.1, 0.15) is 0 Å². The average Bonchev–Trinajstić information content (AvgIpc) is 3.41. The minimum absolute atomic E-state index is 0.0796. The molecule has 0 spiro atoms. The zero-order valence-corrected chi connectivity index (χ0v) is 15.7. The molecular formula is C21H19N5O3. The smallest absolute Gasteiger partial charge is 0.335 e. The van der Waals surface area contributed by atoms with Crippen LogP contribution in [0.5, 0.6) is 0 Å². The summed E-state index contributed by atoms with van der Waals surface area (Å²) >= 11 is 0. The third-order valence-electron chi connectivity index (χ3n) is 5.40. The normalized spacial score (nSPS) is 14.1. The van der Waals surface area contributed by atoms with E-state index in [-0.39, 0.29) is 11.1 Å². The van der Waals surface area contributed by atoms with Crippen LogP contribution in [0.1, 0.15) is 28.8 Å². The van der Waals surface area contributed by atoms with E-state index >= 15 is 0 Å². The first kappa shape index (κ1) is 17.4. The Morgan fingerprint density at radius 3 is 2.52 bits per heavy atom. The summed E-state index contributed by atoms with van der Waals surface area (Å²) in [5.74, 6) is 0.0771. The first-order valence-corrected chi connectivity index (χ1v) is 9.57. The Bertz CT molecular complexity index is 1290. The fourth-order valence-corrected chi connectivity index (χ4v) is 3.96. The lowest BCUT2D eigenvalue weighted by Gasteiger charge is -2.17. The Labute approximate surface area is 165 Å². The molecule has 0 radical (unpaired) electrons. The molecule has 0 bridgehead atoms. The summed E-state index contributed by atoms with van der Waals surface area (Å²) in [6.07, 6.45) is 2.17. The highest BCUT2D eigenvalue weighted by Gasteiger charge is 2.23. The molecule has 0 amide bonds. The number of aromatic nitrogens is 4. The lowest BCUT2D eigenvalue weighted by atomic mass is 10.1. The molecule has 1 saturated heterocycles. The monoisotopic (exact) mass is 389 g/mol. The van der Waals surface area contributed by atoms with E-state index < -0.39 is 5.97 Å². The van der Waals surface area contributed by atoms with Gasteiger partial charge in [0.25, 0.3) is 5.56 Å². The SMILES string of the molecule is O=C(O)c1ccc2c(c1)c(=O)n(Cc1ccccc1)c1nnc(N3CCCC3)n21. The van der Waals surface area contributed by atoms with Crippen LogP contribution in [0, 0.1) is 0 Å². The maximum Gasteiger partial charge on any atom is 0.335 e. The Morgan fingerprint density at radius 1 is 1.03 bits per heavy atom. The third-order valence-corrected chi connectivity index (χ3v) is 5.40. The van der Waals surface area contributed by atoms with Crippen molar-refractivity contribution in [3.8, 4) is 0 Å². The molecule has 4 aromatic rings. The molecule has 2 aromatic carbocycles. The standard InChI is InChI=1S/C21H19N5O3/c27-18-16-12-15(19(28)29)8-9-17(16)26-20(24-10-4-5-11-24)22-23-21(26)25(18)13-14-6-2-1-3-7-14/h1-3,6-9,12H,4-5,10-11,13H2,(H,28,29). The predicted molar refractivity (Wildman–Crippen MR) is 109 cm³/mol. The van der Waals surface area contributed by atoms with Gasteiger partial charge in [-0.25, -0.2) is 9.20 Å². The number of aromatic carboxylic acids is 1. The van der Waals surface area contributed by atoms with Crippen molar-refractivity contribution in [2.45, 2.75) is 19.4 Å². The number of nitrogens with zero attached hydrogens (tertiary/aromatic N) is 5. The summed E-state index contributed by atoms with van der Waals surface area (Å²) in [7, 11) is 0. The van der Waals surface area contributed by atoms with Crippen molar-refractivity contribution in [2.75, 3.05) is 18.0 Å². The molecule has 2 aromatic heterocycles. The second-order valence-corrected chi connectivity index (χ2v) is 7.24. The van der Waals surface area contributed by atoms with E-state index in [0.717, 1.165) is 31.5 Å². The number of fused-ring (bicyclic) bond motifs is 3. The van der Waals surface area contributed by atoms with Crippen LogP contribution in [0.3, 0.4) is 0 Å². The minimum atomic E-state index is -1.07. The zero-order valence-electron chi connectivity index (χ0n) is 15.7. The molecule has 1 N–H and O–H groups in total. The number of carboxylic acids is 1. The molecule has 1 fully saturated rings. The second-order valence-electron chi connectivity index (χ2n) is 7.24. The van der Waals surface area contributed by atoms with Crippen molar-refractivity contribution in [2.24, 2.45) is 0 Å². The van der Waals surface area contributed by atoms with Gasteiger partial charge in [0.15, 0.2) is 0 Å². The second kappa shape index (κ2) is 6.73. The molecule has 8 nitrogen and oxygen atoms in total. The van der Waals surface area contributed by atoms with Crippen molar-refractivity contribution in [1.29, 1.82) is 0 Å². The van der Waals surface area contributed by atoms with E-state index in [4.69, 9.17) is 0 Å². The van der Waals surface area contributed by atoms with Gasteiger partial charge in [-0.1, -0.05) is 30.3 Å². The zero-order chi connectivity index (χ0) is 20.0. The number of anilines is 1. The Morgan fingerprint density at radius 2 is 1.79 bits per heavy atom. The van der Waals surface area contributed by atoms with Crippen LogP contribution in [0.4, 0.5) is 5.95 Å². The van der Waals surface area contributed by atoms with Crippen LogP contribution in [0.2, 0.25) is 0 Å². The average molecular weight is 389 g/mol. The van der Waals surface area contributed by atoms with E-state index in [1.54, 1.807) is 10.6 Å². The number of hydrogen-bond acceptors (Lipinski definition) is 5. The molecule has 146 valence electrons. The van der Waals surface area contributed by atoms with Gasteiger partial charge in [0.2, 0.25) is 11.7 Å². The lowest BCUT2D eigenvalue weighted by molar-refractivity contribution is 0.0697. The molecule has 0 aliphatic carbocycles. The van der Waals surface area contributed by atoms with Crippen LogP contribution in [0.25, 0.3) is 16.7 Å². The van der Waals surface area contributed by atoms with Crippen molar-refractivity contribution >= 4 is 28.6 Å². The topological polar surface area (TPSA) is 92.7 Å². The van der Waals surface area contributed by atoms with E-state index in [1.165, 1.54) is 12.1 Å². The van der Waals surface area contributed by atoms with E-state index in [2.05, 4.69) is 15.1 Å². The van der Waals surface area contributed by atoms with Gasteiger partial charge in [0.05, 0.1) is 23.0 Å². The van der Waals surface area contributed by atoms with Crippen molar-refractivity contribution in [3.05, 3.63) is 70.0 Å². The number of rotatable bonds is 4. The van der Waals surface area contributed by atoms with Gasteiger partial charge in [-0.2, -0.15) is 0 Å². The lowest BCUT2D eigenvalue weighted by Crippen LogP contribution is -2.26. The minimum Gasteiger partial charge on any atom is -0.478 e. The van der Waals surface area contributed by atoms with E-state index in [0.29, 0.717) is 29.2 Å². The van der Waals surface area contributed by atoms with Crippen molar-refractivity contribution < 1.29 is 9.90 Å². The largest absolute Gasteiger partial charge is 0.478 e. The highest BCUT2D eigenvalue weighted by Crippen LogP contribution is 2.24. The molecule has 3 heterocycles. The first-order chi connectivity index (χ1) is 14.1. The van der Waals surface area contributed by atoms with Crippen LogP contribution < -0.4 is 10.5 Å². The first-order valence-electron chi connectivity index (χ1n) is 9.57. The number of carbonyl (C=O) groups is 1. The number of hydrogen-bond donors (Lipinski definition) is 1. The van der Waals surface area contributed by atoms with Crippen molar-refractivity contribution in [1.82, 2.24) is 19.2 Å². The molecule has 0 saturated carbocycles. The molecule has 0 unspecified atom stereocenters. The van der Waals surface area contributed by atoms with Crippen LogP contribution in [0.15, 0.2) is 53.3 Å². The molecule has 1 aliphatic heterocycles. The Balaban J connectivity index is 1.83. The molecule has 5 rings (SSSR count). The molecule has 0 atom stereocenters. The summed E-state index contributed by atoms with van der Waals surface area (Å²) in [6, 6.07) is 14.3. The molecule has 1 aliphatic rings. The maximum atomic E-state index is 13.3. The fourth-order valence-electron chi connectivity index (χ4n) is 3.96. The summed E-state index contributed by atoms with van der Waals surface area (Å²) in [5, 5.41) is 18.5. The van der Waals surface area contributed by atoms with Gasteiger partial charge in [-0.3, -0.25) is 9.36 Å². The van der Waals surface area contributed by atoms with E-state index in [1.807, 2.05) is 34.7 Å². The molecule has 29 heavy (non-hydrogen) atoms. The van der Waals surface area contributed by atoms with Gasteiger partial charge in [-0.15, -0.1) is 10.2 Å². The Kier molecular flexibility index (Phi) is 4.04. The fraction of sp³-hybridized carbons (Fsp3) is 0.238. The molecular weight excluding hydrogens is 370 g/mol. The van der Waals surface area contributed by atoms with Gasteiger partial charge < -0.3 is 10.0 Å². The van der Waals surface area contributed by atoms with E-state index in [9.17, 15) is 14.7 Å². The highest BCUT2D eigenvalue weighted by molar-refractivity contribution is 5.93. The third kappa shape index (κ3) is 2.84. The van der Waals surface area contributed by atoms with Crippen LogP contribution in [-0.4, -0.2) is 43.3 Å². The van der Waals surface area contributed by atoms with Gasteiger partial charge in [0, 0.05) is 13.1 Å². The van der Waals surface area contributed by atoms with Crippen LogP contribution in [-0.2, 0) is 6.54 Å². The maximum absolute atomic E-state index is 13.3. The van der Waals surface area contributed by atoms with Gasteiger partial charge >= 0.3 is 5.97 Å². The summed E-state index contributed by atoms with van der Waals surface area (Å²) in [6.45, 7) is 2.09. The molecule has 8 heteroatoms. The summed E-state index contributed by atoms with van der Waals surface area (Å²) in [5.41, 5.74) is 1.37. The summed E-state index contributed by atoms with van der Waals surface area (Å²) < 4.78 is 3.44.